The molecule has 0 aromatic heterocycles. The Morgan fingerprint density at radius 1 is 1.11 bits per heavy atom. The van der Waals surface area contributed by atoms with Gasteiger partial charge in [-0.15, -0.1) is 0 Å². The first-order chi connectivity index (χ1) is 8.63. The molecule has 0 aliphatic heterocycles. The lowest BCUT2D eigenvalue weighted by Crippen LogP contribution is -2.24. The number of nitrogens with zero attached hydrogens (tertiary/aromatic N) is 1. The Bertz CT molecular complexity index is 702. The van der Waals surface area contributed by atoms with Gasteiger partial charge in [-0.05, 0) is 22.9 Å². The number of sulfonamides is 1. The molecular formula is C13H12N2O2S. The second kappa shape index (κ2) is 5.17. The van der Waals surface area contributed by atoms with E-state index in [0.717, 1.165) is 10.8 Å². The van der Waals surface area contributed by atoms with Crippen LogP contribution in [0.25, 0.3) is 10.8 Å². The van der Waals surface area contributed by atoms with Crippen LogP contribution in [0, 0.1) is 11.3 Å². The smallest absolute Gasteiger partial charge is 0.210 e. The maximum Gasteiger partial charge on any atom is 0.240 e. The van der Waals surface area contributed by atoms with E-state index in [0.29, 0.717) is 0 Å². The fourth-order valence-corrected chi connectivity index (χ4v) is 2.73. The normalized spacial score (nSPS) is 11.3. The molecule has 1 N–H and O–H groups in total. The SMILES string of the molecule is N#CCCNS(=O)(=O)c1ccc2ccccc2c1. The molecule has 0 bridgehead atoms. The van der Waals surface area contributed by atoms with Crippen molar-refractivity contribution in [1.82, 2.24) is 4.72 Å². The molecule has 0 radical (unpaired) electrons. The Kier molecular flexibility index (Phi) is 3.60. The summed E-state index contributed by atoms with van der Waals surface area (Å²) in [4.78, 5) is 0.221. The molecule has 0 atom stereocenters. The molecule has 0 heterocycles. The average Bonchev–Trinajstić information content (AvgIpc) is 2.38. The number of fused-ring (bicyclic) bond motifs is 1. The number of rotatable bonds is 4. The van der Waals surface area contributed by atoms with Gasteiger partial charge in [0.05, 0.1) is 11.0 Å². The third-order valence-corrected chi connectivity index (χ3v) is 4.02. The fraction of sp³-hybridized carbons (Fsp3) is 0.154. The summed E-state index contributed by atoms with van der Waals surface area (Å²) in [5.74, 6) is 0. The maximum absolute atomic E-state index is 11.9. The van der Waals surface area contributed by atoms with Crippen LogP contribution in [0.15, 0.2) is 47.4 Å². The Hall–Kier alpha value is -1.90. The van der Waals surface area contributed by atoms with Crippen molar-refractivity contribution in [2.45, 2.75) is 11.3 Å². The van der Waals surface area contributed by atoms with Crippen molar-refractivity contribution in [2.24, 2.45) is 0 Å². The Balaban J connectivity index is 2.33. The van der Waals surface area contributed by atoms with Crippen LogP contribution in [-0.4, -0.2) is 15.0 Å². The van der Waals surface area contributed by atoms with Crippen molar-refractivity contribution < 1.29 is 8.42 Å². The molecule has 2 aromatic carbocycles. The van der Waals surface area contributed by atoms with Crippen LogP contribution in [0.4, 0.5) is 0 Å². The summed E-state index contributed by atoms with van der Waals surface area (Å²) in [7, 11) is -3.53. The van der Waals surface area contributed by atoms with E-state index >= 15 is 0 Å². The van der Waals surface area contributed by atoms with Crippen molar-refractivity contribution in [3.05, 3.63) is 42.5 Å². The van der Waals surface area contributed by atoms with Gasteiger partial charge < -0.3 is 0 Å². The van der Waals surface area contributed by atoms with E-state index in [1.807, 2.05) is 30.3 Å². The number of nitriles is 1. The molecule has 0 saturated carbocycles. The molecule has 2 aromatic rings. The standard InChI is InChI=1S/C13H12N2O2S/c14-8-3-9-15-18(16,17)13-7-6-11-4-1-2-5-12(11)10-13/h1-2,4-7,10,15H,3,9H2. The highest BCUT2D eigenvalue weighted by Crippen LogP contribution is 2.18. The highest BCUT2D eigenvalue weighted by atomic mass is 32.2. The summed E-state index contributed by atoms with van der Waals surface area (Å²) < 4.78 is 26.3. The monoisotopic (exact) mass is 260 g/mol. The zero-order valence-electron chi connectivity index (χ0n) is 9.63. The van der Waals surface area contributed by atoms with Gasteiger partial charge in [0, 0.05) is 13.0 Å². The summed E-state index contributed by atoms with van der Waals surface area (Å²) in [6, 6.07) is 14.4. The highest BCUT2D eigenvalue weighted by molar-refractivity contribution is 7.89. The van der Waals surface area contributed by atoms with Gasteiger partial charge in [0.15, 0.2) is 0 Å². The minimum absolute atomic E-state index is 0.131. The quantitative estimate of drug-likeness (QED) is 0.855. The minimum Gasteiger partial charge on any atom is -0.210 e. The van der Waals surface area contributed by atoms with Gasteiger partial charge in [-0.3, -0.25) is 0 Å². The molecule has 2 rings (SSSR count). The molecule has 0 saturated heterocycles. The fourth-order valence-electron chi connectivity index (χ4n) is 1.66. The first kappa shape index (κ1) is 12.6. The van der Waals surface area contributed by atoms with Gasteiger partial charge in [0.2, 0.25) is 10.0 Å². The third kappa shape index (κ3) is 2.67. The number of hydrogen-bond acceptors (Lipinski definition) is 3. The lowest BCUT2D eigenvalue weighted by atomic mass is 10.1. The summed E-state index contributed by atoms with van der Waals surface area (Å²) in [6.07, 6.45) is 0.160. The van der Waals surface area contributed by atoms with Crippen LogP contribution in [0.5, 0.6) is 0 Å². The van der Waals surface area contributed by atoms with E-state index in [1.54, 1.807) is 18.2 Å². The second-order valence-corrected chi connectivity index (χ2v) is 5.58. The number of benzene rings is 2. The number of hydrogen-bond donors (Lipinski definition) is 1. The van der Waals surface area contributed by atoms with Crippen molar-refractivity contribution in [2.75, 3.05) is 6.54 Å². The molecule has 0 fully saturated rings. The largest absolute Gasteiger partial charge is 0.240 e. The van der Waals surface area contributed by atoms with Crippen LogP contribution in [0.3, 0.4) is 0 Å². The topological polar surface area (TPSA) is 70.0 Å². The molecular weight excluding hydrogens is 248 g/mol. The van der Waals surface area contributed by atoms with Crippen molar-refractivity contribution >= 4 is 20.8 Å². The molecule has 0 aliphatic carbocycles. The molecule has 18 heavy (non-hydrogen) atoms. The zero-order chi connectivity index (χ0) is 13.0. The van der Waals surface area contributed by atoms with Gasteiger partial charge in [-0.25, -0.2) is 13.1 Å². The van der Waals surface area contributed by atoms with Gasteiger partial charge in [-0.2, -0.15) is 5.26 Å². The van der Waals surface area contributed by atoms with Crippen LogP contribution in [0.2, 0.25) is 0 Å². The van der Waals surface area contributed by atoms with E-state index < -0.39 is 10.0 Å². The van der Waals surface area contributed by atoms with Gasteiger partial charge in [0.1, 0.15) is 0 Å². The van der Waals surface area contributed by atoms with Crippen LogP contribution >= 0.6 is 0 Å². The summed E-state index contributed by atoms with van der Waals surface area (Å²) >= 11 is 0. The summed E-state index contributed by atoms with van der Waals surface area (Å²) in [5, 5.41) is 10.3. The van der Waals surface area contributed by atoms with Crippen molar-refractivity contribution in [3.63, 3.8) is 0 Å². The first-order valence-electron chi connectivity index (χ1n) is 5.49. The molecule has 92 valence electrons. The highest BCUT2D eigenvalue weighted by Gasteiger charge is 2.13. The number of nitrogens with one attached hydrogen (secondary N) is 1. The summed E-state index contributed by atoms with van der Waals surface area (Å²) in [5.41, 5.74) is 0. The Morgan fingerprint density at radius 3 is 2.56 bits per heavy atom. The Labute approximate surface area is 106 Å². The second-order valence-electron chi connectivity index (χ2n) is 3.81. The minimum atomic E-state index is -3.53. The first-order valence-corrected chi connectivity index (χ1v) is 6.97. The average molecular weight is 260 g/mol. The lowest BCUT2D eigenvalue weighted by Gasteiger charge is -2.06. The molecule has 4 nitrogen and oxygen atoms in total. The van der Waals surface area contributed by atoms with E-state index in [4.69, 9.17) is 5.26 Å². The van der Waals surface area contributed by atoms with Gasteiger partial charge >= 0.3 is 0 Å². The maximum atomic E-state index is 11.9. The van der Waals surface area contributed by atoms with Crippen molar-refractivity contribution in [1.29, 1.82) is 5.26 Å². The van der Waals surface area contributed by atoms with Gasteiger partial charge in [-0.1, -0.05) is 30.3 Å². The molecule has 0 aliphatic rings. The van der Waals surface area contributed by atoms with Gasteiger partial charge in [0.25, 0.3) is 0 Å². The molecule has 0 spiro atoms. The predicted molar refractivity (Wildman–Crippen MR) is 69.4 cm³/mol. The van der Waals surface area contributed by atoms with Crippen LogP contribution in [0.1, 0.15) is 6.42 Å². The van der Waals surface area contributed by atoms with E-state index in [1.165, 1.54) is 0 Å². The van der Waals surface area contributed by atoms with Crippen LogP contribution in [-0.2, 0) is 10.0 Å². The molecule has 0 amide bonds. The van der Waals surface area contributed by atoms with E-state index in [2.05, 4.69) is 4.72 Å². The van der Waals surface area contributed by atoms with E-state index in [-0.39, 0.29) is 17.9 Å². The lowest BCUT2D eigenvalue weighted by molar-refractivity contribution is 0.582. The molecule has 5 heteroatoms. The van der Waals surface area contributed by atoms with Crippen LogP contribution < -0.4 is 4.72 Å². The van der Waals surface area contributed by atoms with E-state index in [9.17, 15) is 8.42 Å². The summed E-state index contributed by atoms with van der Waals surface area (Å²) in [6.45, 7) is 0.131. The predicted octanol–water partition coefficient (Wildman–Crippen LogP) is 2.03. The zero-order valence-corrected chi connectivity index (χ0v) is 10.4. The third-order valence-electron chi connectivity index (χ3n) is 2.56. The molecule has 0 unspecified atom stereocenters. The Morgan fingerprint density at radius 2 is 1.83 bits per heavy atom. The van der Waals surface area contributed by atoms with Crippen molar-refractivity contribution in [3.8, 4) is 6.07 Å².